The fourth-order valence-corrected chi connectivity index (χ4v) is 3.19. The van der Waals surface area contributed by atoms with Crippen molar-refractivity contribution >= 4 is 23.3 Å². The Morgan fingerprint density at radius 2 is 2.19 bits per heavy atom. The minimum Gasteiger partial charge on any atom is -0.468 e. The van der Waals surface area contributed by atoms with Crippen LogP contribution in [0, 0.1) is 0 Å². The van der Waals surface area contributed by atoms with Gasteiger partial charge in [0.2, 0.25) is 0 Å². The Bertz CT molecular complexity index is 661. The zero-order valence-corrected chi connectivity index (χ0v) is 15.8. The van der Waals surface area contributed by atoms with Gasteiger partial charge in [0.1, 0.15) is 6.61 Å². The summed E-state index contributed by atoms with van der Waals surface area (Å²) in [6.07, 6.45) is 0.340. The molecule has 1 N–H and O–H groups in total. The van der Waals surface area contributed by atoms with E-state index in [1.165, 1.54) is 11.0 Å². The third kappa shape index (κ3) is 5.24. The van der Waals surface area contributed by atoms with Crippen molar-refractivity contribution in [3.63, 3.8) is 0 Å². The highest BCUT2D eigenvalue weighted by Crippen LogP contribution is 2.22. The quantitative estimate of drug-likeness (QED) is 0.531. The molecule has 1 heterocycles. The van der Waals surface area contributed by atoms with Crippen molar-refractivity contribution < 1.29 is 19.4 Å². The molecule has 140 valence electrons. The number of benzene rings is 1. The molecule has 6 heteroatoms. The van der Waals surface area contributed by atoms with Crippen LogP contribution in [0.5, 0.6) is 0 Å². The summed E-state index contributed by atoms with van der Waals surface area (Å²) in [5, 5.41) is 10.6. The van der Waals surface area contributed by atoms with Crippen LogP contribution in [0.15, 0.2) is 55.1 Å². The number of thiocarbonyl (C=S) groups is 1. The summed E-state index contributed by atoms with van der Waals surface area (Å²) in [4.78, 5) is 14.5. The molecule has 26 heavy (non-hydrogen) atoms. The van der Waals surface area contributed by atoms with E-state index in [-0.39, 0.29) is 24.2 Å². The van der Waals surface area contributed by atoms with E-state index in [4.69, 9.17) is 21.7 Å². The molecule has 1 saturated heterocycles. The third-order valence-corrected chi connectivity index (χ3v) is 4.37. The van der Waals surface area contributed by atoms with Gasteiger partial charge in [0.15, 0.2) is 6.10 Å². The average molecular weight is 375 g/mol. The van der Waals surface area contributed by atoms with Gasteiger partial charge in [0, 0.05) is 0 Å². The van der Waals surface area contributed by atoms with E-state index < -0.39 is 18.1 Å². The highest BCUT2D eigenvalue weighted by atomic mass is 32.1. The van der Waals surface area contributed by atoms with Crippen molar-refractivity contribution in [2.75, 3.05) is 13.2 Å². The normalized spacial score (nSPS) is 18.9. The molecule has 5 nitrogen and oxygen atoms in total. The van der Waals surface area contributed by atoms with Crippen LogP contribution in [0.25, 0.3) is 0 Å². The average Bonchev–Trinajstić information content (AvgIpc) is 2.95. The lowest BCUT2D eigenvalue weighted by molar-refractivity contribution is -0.147. The fraction of sp³-hybridized carbons (Fsp3) is 0.400. The predicted octanol–water partition coefficient (Wildman–Crippen LogP) is 2.64. The molecule has 1 aromatic rings. The van der Waals surface area contributed by atoms with Gasteiger partial charge in [-0.05, 0) is 37.5 Å². The first-order chi connectivity index (χ1) is 12.4. The Balaban J connectivity index is 2.18. The van der Waals surface area contributed by atoms with E-state index in [0.29, 0.717) is 13.0 Å². The molecule has 0 saturated carbocycles. The standard InChI is InChI=1S/C20H25NO4S/c1-4-10-24-18(17(22)11-14(2)3)19(23)21-16(13-25-20(21)26)12-15-8-6-5-7-9-15/h4-9,16-18,22H,1-2,10-13H2,3H3/t16-,17+,18+/m1/s1. The molecule has 1 fully saturated rings. The van der Waals surface area contributed by atoms with Crippen molar-refractivity contribution in [1.82, 2.24) is 4.90 Å². The molecule has 3 atom stereocenters. The van der Waals surface area contributed by atoms with Crippen LogP contribution in [-0.2, 0) is 20.7 Å². The molecule has 1 amide bonds. The third-order valence-electron chi connectivity index (χ3n) is 4.06. The fourth-order valence-electron chi connectivity index (χ4n) is 2.89. The van der Waals surface area contributed by atoms with Gasteiger partial charge in [-0.1, -0.05) is 42.0 Å². The Morgan fingerprint density at radius 3 is 2.81 bits per heavy atom. The number of nitrogens with zero attached hydrogens (tertiary/aromatic N) is 1. The Morgan fingerprint density at radius 1 is 1.50 bits per heavy atom. The van der Waals surface area contributed by atoms with Crippen LogP contribution in [0.1, 0.15) is 18.9 Å². The molecular weight excluding hydrogens is 350 g/mol. The lowest BCUT2D eigenvalue weighted by atomic mass is 10.0. The maximum absolute atomic E-state index is 13.1. The molecule has 1 aliphatic rings. The van der Waals surface area contributed by atoms with Gasteiger partial charge in [-0.2, -0.15) is 0 Å². The van der Waals surface area contributed by atoms with Gasteiger partial charge in [-0.15, -0.1) is 13.2 Å². The van der Waals surface area contributed by atoms with Crippen molar-refractivity contribution in [3.8, 4) is 0 Å². The Labute approximate surface area is 159 Å². The summed E-state index contributed by atoms with van der Waals surface area (Å²) >= 11 is 5.22. The summed E-state index contributed by atoms with van der Waals surface area (Å²) in [6, 6.07) is 9.58. The van der Waals surface area contributed by atoms with Crippen LogP contribution in [0.3, 0.4) is 0 Å². The summed E-state index contributed by atoms with van der Waals surface area (Å²) in [6.45, 7) is 9.65. The Hall–Kier alpha value is -2.02. The van der Waals surface area contributed by atoms with Gasteiger partial charge < -0.3 is 14.6 Å². The van der Waals surface area contributed by atoms with Gasteiger partial charge in [0.05, 0.1) is 18.8 Å². The summed E-state index contributed by atoms with van der Waals surface area (Å²) in [5.74, 6) is -0.399. The number of rotatable bonds is 9. The largest absolute Gasteiger partial charge is 0.468 e. The molecular formula is C20H25NO4S. The van der Waals surface area contributed by atoms with E-state index >= 15 is 0 Å². The van der Waals surface area contributed by atoms with Crippen molar-refractivity contribution in [3.05, 3.63) is 60.7 Å². The van der Waals surface area contributed by atoms with Gasteiger partial charge in [-0.25, -0.2) is 0 Å². The van der Waals surface area contributed by atoms with Crippen LogP contribution < -0.4 is 0 Å². The monoisotopic (exact) mass is 375 g/mol. The van der Waals surface area contributed by atoms with E-state index in [9.17, 15) is 9.90 Å². The number of aliphatic hydroxyl groups excluding tert-OH is 1. The number of amides is 1. The second-order valence-corrected chi connectivity index (χ2v) is 6.75. The van der Waals surface area contributed by atoms with Crippen LogP contribution in [-0.4, -0.2) is 52.6 Å². The van der Waals surface area contributed by atoms with Crippen molar-refractivity contribution in [1.29, 1.82) is 0 Å². The first-order valence-corrected chi connectivity index (χ1v) is 8.93. The topological polar surface area (TPSA) is 59.0 Å². The molecule has 0 spiro atoms. The van der Waals surface area contributed by atoms with Crippen LogP contribution in [0.4, 0.5) is 0 Å². The Kier molecular flexibility index (Phi) is 7.50. The van der Waals surface area contributed by atoms with Crippen LogP contribution >= 0.6 is 12.2 Å². The van der Waals surface area contributed by atoms with E-state index in [1.54, 1.807) is 6.92 Å². The predicted molar refractivity (Wildman–Crippen MR) is 105 cm³/mol. The molecule has 0 unspecified atom stereocenters. The summed E-state index contributed by atoms with van der Waals surface area (Å²) in [7, 11) is 0. The highest BCUT2D eigenvalue weighted by Gasteiger charge is 2.41. The number of carbonyl (C=O) groups is 1. The molecule has 0 aliphatic carbocycles. The minimum atomic E-state index is -1.05. The lowest BCUT2D eigenvalue weighted by Crippen LogP contribution is -2.50. The van der Waals surface area contributed by atoms with Gasteiger partial charge in [0.25, 0.3) is 11.1 Å². The first kappa shape index (κ1) is 20.3. The lowest BCUT2D eigenvalue weighted by Gasteiger charge is -2.28. The second-order valence-electron chi connectivity index (χ2n) is 6.40. The molecule has 1 aromatic carbocycles. The first-order valence-electron chi connectivity index (χ1n) is 8.52. The maximum Gasteiger partial charge on any atom is 0.266 e. The molecule has 0 radical (unpaired) electrons. The van der Waals surface area contributed by atoms with Gasteiger partial charge >= 0.3 is 0 Å². The van der Waals surface area contributed by atoms with E-state index in [1.807, 2.05) is 30.3 Å². The number of hydrogen-bond donors (Lipinski definition) is 1. The molecule has 1 aliphatic heterocycles. The van der Waals surface area contributed by atoms with E-state index in [0.717, 1.165) is 11.1 Å². The highest BCUT2D eigenvalue weighted by molar-refractivity contribution is 7.80. The zero-order valence-electron chi connectivity index (χ0n) is 15.0. The van der Waals surface area contributed by atoms with Crippen molar-refractivity contribution in [2.24, 2.45) is 0 Å². The minimum absolute atomic E-state index is 0.116. The number of aliphatic hydroxyl groups is 1. The van der Waals surface area contributed by atoms with Gasteiger partial charge in [-0.3, -0.25) is 9.69 Å². The smallest absolute Gasteiger partial charge is 0.266 e. The number of carbonyl (C=O) groups excluding carboxylic acids is 1. The second kappa shape index (κ2) is 9.62. The SMILES string of the molecule is C=CCO[C@H](C(=O)N1C(=S)OC[C@H]1Cc1ccccc1)[C@@H](O)CC(=C)C. The maximum atomic E-state index is 13.1. The molecule has 0 aromatic heterocycles. The van der Waals surface area contributed by atoms with Crippen molar-refractivity contribution in [2.45, 2.75) is 38.0 Å². The summed E-state index contributed by atoms with van der Waals surface area (Å²) in [5.41, 5.74) is 1.84. The molecule has 0 bridgehead atoms. The van der Waals surface area contributed by atoms with E-state index in [2.05, 4.69) is 13.2 Å². The molecule has 2 rings (SSSR count). The van der Waals surface area contributed by atoms with Crippen LogP contribution in [0.2, 0.25) is 0 Å². The summed E-state index contributed by atoms with van der Waals surface area (Å²) < 4.78 is 11.0. The number of ether oxygens (including phenoxy) is 2. The zero-order chi connectivity index (χ0) is 19.1. The number of hydrogen-bond acceptors (Lipinski definition) is 5.